The van der Waals surface area contributed by atoms with E-state index in [1.807, 2.05) is 31.0 Å². The predicted molar refractivity (Wildman–Crippen MR) is 61.8 cm³/mol. The number of likely N-dealkylation sites (N-methyl/N-ethyl adjacent to an activating group) is 1. The van der Waals surface area contributed by atoms with Crippen LogP contribution in [0.25, 0.3) is 0 Å². The van der Waals surface area contributed by atoms with Crippen LogP contribution < -0.4 is 11.1 Å². The Morgan fingerprint density at radius 1 is 1.56 bits per heavy atom. The molecule has 0 atom stereocenters. The molecule has 1 aromatic heterocycles. The van der Waals surface area contributed by atoms with E-state index in [1.54, 1.807) is 0 Å². The summed E-state index contributed by atoms with van der Waals surface area (Å²) in [4.78, 5) is 13.3. The first-order chi connectivity index (χ1) is 7.61. The van der Waals surface area contributed by atoms with Gasteiger partial charge in [-0.25, -0.2) is 0 Å². The normalized spacial score (nSPS) is 10.8. The molecule has 0 spiro atoms. The second kappa shape index (κ2) is 6.30. The molecule has 1 aromatic rings. The molecule has 5 nitrogen and oxygen atoms in total. The molecule has 0 aromatic carbocycles. The number of carbonyl (C=O) groups is 1. The Morgan fingerprint density at radius 2 is 2.31 bits per heavy atom. The minimum absolute atomic E-state index is 0.0174. The van der Waals surface area contributed by atoms with Gasteiger partial charge in [0.1, 0.15) is 11.5 Å². The molecule has 0 aliphatic heterocycles. The van der Waals surface area contributed by atoms with Crippen LogP contribution in [0.1, 0.15) is 11.5 Å². The third-order valence-corrected chi connectivity index (χ3v) is 2.10. The van der Waals surface area contributed by atoms with Crippen LogP contribution in [0.3, 0.4) is 0 Å². The average Bonchev–Trinajstić information content (AvgIpc) is 2.60. The standard InChI is InChI=1S/C11H19N3O2/c1-9-3-4-10(16-9)7-14(2)8-11(15)13-6-5-12/h3-4H,5-8,12H2,1-2H3,(H,13,15). The molecule has 0 saturated heterocycles. The SMILES string of the molecule is Cc1ccc(CN(C)CC(=O)NCCN)o1. The molecule has 0 unspecified atom stereocenters. The summed E-state index contributed by atoms with van der Waals surface area (Å²) >= 11 is 0. The molecular formula is C11H19N3O2. The van der Waals surface area contributed by atoms with E-state index < -0.39 is 0 Å². The molecule has 5 heteroatoms. The Morgan fingerprint density at radius 3 is 2.88 bits per heavy atom. The lowest BCUT2D eigenvalue weighted by Crippen LogP contribution is -2.37. The number of aryl methyl sites for hydroxylation is 1. The summed E-state index contributed by atoms with van der Waals surface area (Å²) in [6.07, 6.45) is 0. The van der Waals surface area contributed by atoms with Crippen molar-refractivity contribution in [3.63, 3.8) is 0 Å². The quantitative estimate of drug-likeness (QED) is 0.720. The van der Waals surface area contributed by atoms with Crippen molar-refractivity contribution >= 4 is 5.91 Å². The molecule has 1 amide bonds. The Hall–Kier alpha value is -1.33. The van der Waals surface area contributed by atoms with Crippen LogP contribution >= 0.6 is 0 Å². The van der Waals surface area contributed by atoms with Gasteiger partial charge in [-0.3, -0.25) is 9.69 Å². The first-order valence-electron chi connectivity index (χ1n) is 5.32. The van der Waals surface area contributed by atoms with Gasteiger partial charge in [-0.2, -0.15) is 0 Å². The highest BCUT2D eigenvalue weighted by Crippen LogP contribution is 2.08. The number of nitrogens with one attached hydrogen (secondary N) is 1. The molecule has 3 N–H and O–H groups in total. The monoisotopic (exact) mass is 225 g/mol. The molecule has 16 heavy (non-hydrogen) atoms. The summed E-state index contributed by atoms with van der Waals surface area (Å²) < 4.78 is 5.42. The number of carbonyl (C=O) groups excluding carboxylic acids is 1. The van der Waals surface area contributed by atoms with E-state index in [9.17, 15) is 4.79 Å². The van der Waals surface area contributed by atoms with Gasteiger partial charge in [-0.05, 0) is 26.1 Å². The highest BCUT2D eigenvalue weighted by Gasteiger charge is 2.08. The van der Waals surface area contributed by atoms with Crippen LogP contribution in [0.2, 0.25) is 0 Å². The molecule has 0 aliphatic carbocycles. The maximum Gasteiger partial charge on any atom is 0.234 e. The van der Waals surface area contributed by atoms with Crippen molar-refractivity contribution in [2.45, 2.75) is 13.5 Å². The third kappa shape index (κ3) is 4.46. The van der Waals surface area contributed by atoms with Crippen LogP contribution in [-0.4, -0.2) is 37.5 Å². The Bertz CT molecular complexity index is 336. The van der Waals surface area contributed by atoms with E-state index in [0.717, 1.165) is 11.5 Å². The van der Waals surface area contributed by atoms with Crippen molar-refractivity contribution in [1.82, 2.24) is 10.2 Å². The van der Waals surface area contributed by atoms with Gasteiger partial charge < -0.3 is 15.5 Å². The van der Waals surface area contributed by atoms with Crippen LogP contribution in [0.5, 0.6) is 0 Å². The zero-order valence-electron chi connectivity index (χ0n) is 9.82. The zero-order chi connectivity index (χ0) is 12.0. The number of hydrogen-bond donors (Lipinski definition) is 2. The average molecular weight is 225 g/mol. The van der Waals surface area contributed by atoms with Crippen molar-refractivity contribution in [2.24, 2.45) is 5.73 Å². The minimum atomic E-state index is -0.0174. The van der Waals surface area contributed by atoms with Gasteiger partial charge >= 0.3 is 0 Å². The van der Waals surface area contributed by atoms with Gasteiger partial charge in [0, 0.05) is 13.1 Å². The lowest BCUT2D eigenvalue weighted by Gasteiger charge is -2.14. The minimum Gasteiger partial charge on any atom is -0.465 e. The number of hydrogen-bond acceptors (Lipinski definition) is 4. The number of amides is 1. The highest BCUT2D eigenvalue weighted by molar-refractivity contribution is 5.77. The number of rotatable bonds is 6. The summed E-state index contributed by atoms with van der Waals surface area (Å²) in [6, 6.07) is 3.83. The first-order valence-corrected chi connectivity index (χ1v) is 5.32. The van der Waals surface area contributed by atoms with Crippen molar-refractivity contribution in [3.8, 4) is 0 Å². The second-order valence-corrected chi connectivity index (χ2v) is 3.82. The topological polar surface area (TPSA) is 71.5 Å². The molecule has 1 rings (SSSR count). The molecule has 0 fully saturated rings. The van der Waals surface area contributed by atoms with Crippen molar-refractivity contribution in [1.29, 1.82) is 0 Å². The van der Waals surface area contributed by atoms with Crippen molar-refractivity contribution in [3.05, 3.63) is 23.7 Å². The summed E-state index contributed by atoms with van der Waals surface area (Å²) in [5.41, 5.74) is 5.29. The Kier molecular flexibility index (Phi) is 5.01. The van der Waals surface area contributed by atoms with Crippen LogP contribution in [0.4, 0.5) is 0 Å². The van der Waals surface area contributed by atoms with Gasteiger partial charge in [-0.15, -0.1) is 0 Å². The summed E-state index contributed by atoms with van der Waals surface area (Å²) in [6.45, 7) is 3.86. The summed E-state index contributed by atoms with van der Waals surface area (Å²) in [5, 5.41) is 2.72. The van der Waals surface area contributed by atoms with Gasteiger partial charge in [-0.1, -0.05) is 0 Å². The molecular weight excluding hydrogens is 206 g/mol. The molecule has 0 radical (unpaired) electrons. The maximum absolute atomic E-state index is 11.4. The first kappa shape index (κ1) is 12.7. The van der Waals surface area contributed by atoms with Crippen LogP contribution in [0.15, 0.2) is 16.5 Å². The fourth-order valence-corrected chi connectivity index (χ4v) is 1.40. The lowest BCUT2D eigenvalue weighted by molar-refractivity contribution is -0.122. The number of nitrogens with zero attached hydrogens (tertiary/aromatic N) is 1. The number of furan rings is 1. The molecule has 1 heterocycles. The van der Waals surface area contributed by atoms with Crippen LogP contribution in [-0.2, 0) is 11.3 Å². The number of nitrogens with two attached hydrogens (primary N) is 1. The molecule has 90 valence electrons. The van der Waals surface area contributed by atoms with E-state index in [2.05, 4.69) is 5.32 Å². The van der Waals surface area contributed by atoms with Gasteiger partial charge in [0.15, 0.2) is 0 Å². The summed E-state index contributed by atoms with van der Waals surface area (Å²) in [7, 11) is 1.87. The highest BCUT2D eigenvalue weighted by atomic mass is 16.3. The predicted octanol–water partition coefficient (Wildman–Crippen LogP) is 0.0947. The fraction of sp³-hybridized carbons (Fsp3) is 0.545. The van der Waals surface area contributed by atoms with Gasteiger partial charge in [0.25, 0.3) is 0 Å². The summed E-state index contributed by atoms with van der Waals surface area (Å²) in [5.74, 6) is 1.74. The maximum atomic E-state index is 11.4. The second-order valence-electron chi connectivity index (χ2n) is 3.82. The van der Waals surface area contributed by atoms with Crippen LogP contribution in [0, 0.1) is 6.92 Å². The molecule has 0 aliphatic rings. The van der Waals surface area contributed by atoms with E-state index in [1.165, 1.54) is 0 Å². The van der Waals surface area contributed by atoms with Crippen molar-refractivity contribution < 1.29 is 9.21 Å². The van der Waals surface area contributed by atoms with E-state index >= 15 is 0 Å². The van der Waals surface area contributed by atoms with E-state index in [4.69, 9.17) is 10.2 Å². The largest absolute Gasteiger partial charge is 0.465 e. The molecule has 0 bridgehead atoms. The molecule has 0 saturated carbocycles. The van der Waals surface area contributed by atoms with E-state index in [-0.39, 0.29) is 5.91 Å². The Labute approximate surface area is 95.6 Å². The third-order valence-electron chi connectivity index (χ3n) is 2.10. The van der Waals surface area contributed by atoms with Crippen molar-refractivity contribution in [2.75, 3.05) is 26.7 Å². The van der Waals surface area contributed by atoms with Gasteiger partial charge in [0.05, 0.1) is 13.1 Å². The smallest absolute Gasteiger partial charge is 0.234 e. The lowest BCUT2D eigenvalue weighted by atomic mass is 10.4. The fourth-order valence-electron chi connectivity index (χ4n) is 1.40. The van der Waals surface area contributed by atoms with E-state index in [0.29, 0.717) is 26.2 Å². The Balaban J connectivity index is 2.30. The zero-order valence-corrected chi connectivity index (χ0v) is 9.82. The van der Waals surface area contributed by atoms with Gasteiger partial charge in [0.2, 0.25) is 5.91 Å².